The minimum atomic E-state index is -0.642. The molecule has 11 heteroatoms. The highest BCUT2D eigenvalue weighted by atomic mass is 19.1. The van der Waals surface area contributed by atoms with Crippen LogP contribution in [0.15, 0.2) is 48.8 Å². The summed E-state index contributed by atoms with van der Waals surface area (Å²) >= 11 is 0. The highest BCUT2D eigenvalue weighted by Gasteiger charge is 2.20. The molecule has 10 nitrogen and oxygen atoms in total. The van der Waals surface area contributed by atoms with Crippen molar-refractivity contribution in [3.63, 3.8) is 0 Å². The lowest BCUT2D eigenvalue weighted by Gasteiger charge is -2.13. The van der Waals surface area contributed by atoms with Crippen LogP contribution in [0.25, 0.3) is 11.4 Å². The first kappa shape index (κ1) is 22.9. The Morgan fingerprint density at radius 2 is 1.76 bits per heavy atom. The topological polar surface area (TPSA) is 112 Å². The van der Waals surface area contributed by atoms with E-state index in [0.29, 0.717) is 23.0 Å². The van der Waals surface area contributed by atoms with E-state index in [1.807, 2.05) is 20.8 Å². The molecule has 0 aliphatic heterocycles. The van der Waals surface area contributed by atoms with Crippen molar-refractivity contribution in [1.82, 2.24) is 29.8 Å². The highest BCUT2D eigenvalue weighted by Crippen LogP contribution is 2.28. The fourth-order valence-corrected chi connectivity index (χ4v) is 3.10. The summed E-state index contributed by atoms with van der Waals surface area (Å²) in [6, 6.07) is 8.72. The quantitative estimate of drug-likeness (QED) is 0.450. The number of halogens is 1. The number of aryl methyl sites for hydroxylation is 2. The Labute approximate surface area is 195 Å². The molecule has 4 rings (SSSR count). The molecule has 1 aromatic carbocycles. The van der Waals surface area contributed by atoms with Gasteiger partial charge in [0.25, 0.3) is 0 Å². The molecule has 176 valence electrons. The molecule has 0 spiro atoms. The Balaban J connectivity index is 1.43. The van der Waals surface area contributed by atoms with E-state index in [1.54, 1.807) is 55.4 Å². The summed E-state index contributed by atoms with van der Waals surface area (Å²) in [6.45, 7) is 6.09. The molecule has 0 saturated carbocycles. The number of carbonyl (C=O) groups is 1. The molecule has 0 aliphatic carbocycles. The zero-order chi connectivity index (χ0) is 24.5. The molecule has 0 radical (unpaired) electrons. The molecule has 3 aromatic heterocycles. The van der Waals surface area contributed by atoms with Gasteiger partial charge in [-0.1, -0.05) is 20.8 Å². The largest absolute Gasteiger partial charge is 0.457 e. The minimum absolute atomic E-state index is 0.0121. The number of pyridine rings is 1. The monoisotopic (exact) mass is 464 g/mol. The second-order valence-corrected chi connectivity index (χ2v) is 8.71. The number of nitrogens with one attached hydrogen (secondary N) is 2. The lowest BCUT2D eigenvalue weighted by Crippen LogP contribution is -2.21. The lowest BCUT2D eigenvalue weighted by atomic mass is 9.92. The van der Waals surface area contributed by atoms with Crippen molar-refractivity contribution in [3.8, 4) is 22.9 Å². The van der Waals surface area contributed by atoms with Crippen molar-refractivity contribution in [2.45, 2.75) is 26.2 Å². The Hall–Kier alpha value is -4.28. The van der Waals surface area contributed by atoms with Gasteiger partial charge in [0.2, 0.25) is 0 Å². The van der Waals surface area contributed by atoms with Crippen molar-refractivity contribution in [2.24, 2.45) is 14.1 Å². The van der Waals surface area contributed by atoms with E-state index in [4.69, 9.17) is 4.74 Å². The van der Waals surface area contributed by atoms with Crippen LogP contribution >= 0.6 is 0 Å². The zero-order valence-electron chi connectivity index (χ0n) is 19.5. The third-order valence-electron chi connectivity index (χ3n) is 4.91. The van der Waals surface area contributed by atoms with Crippen molar-refractivity contribution in [2.75, 3.05) is 10.6 Å². The Bertz CT molecular complexity index is 1340. The molecular weight excluding hydrogens is 439 g/mol. The smallest absolute Gasteiger partial charge is 0.324 e. The fourth-order valence-electron chi connectivity index (χ4n) is 3.10. The van der Waals surface area contributed by atoms with E-state index in [2.05, 4.69) is 30.9 Å². The molecular formula is C23H25FN8O2. The highest BCUT2D eigenvalue weighted by molar-refractivity contribution is 5.99. The number of hydrogen-bond acceptors (Lipinski definition) is 6. The number of aromatic nitrogens is 6. The van der Waals surface area contributed by atoms with Gasteiger partial charge in [-0.05, 0) is 18.2 Å². The van der Waals surface area contributed by atoms with Crippen LogP contribution in [-0.2, 0) is 19.5 Å². The van der Waals surface area contributed by atoms with Crippen molar-refractivity contribution in [3.05, 3.63) is 60.3 Å². The average Bonchev–Trinajstić information content (AvgIpc) is 3.36. The molecule has 0 atom stereocenters. The molecule has 2 amide bonds. The van der Waals surface area contributed by atoms with Crippen molar-refractivity contribution < 1.29 is 13.9 Å². The Morgan fingerprint density at radius 1 is 1.00 bits per heavy atom. The molecule has 34 heavy (non-hydrogen) atoms. The lowest BCUT2D eigenvalue weighted by molar-refractivity contribution is 0.262. The number of nitrogens with zero attached hydrogens (tertiary/aromatic N) is 6. The maximum atomic E-state index is 14.7. The van der Waals surface area contributed by atoms with Gasteiger partial charge < -0.3 is 10.1 Å². The van der Waals surface area contributed by atoms with Crippen LogP contribution in [0.1, 0.15) is 26.5 Å². The number of ether oxygens (including phenoxy) is 1. The summed E-state index contributed by atoms with van der Waals surface area (Å²) in [4.78, 5) is 18.1. The van der Waals surface area contributed by atoms with Crippen molar-refractivity contribution >= 4 is 17.5 Å². The second-order valence-electron chi connectivity index (χ2n) is 8.71. The van der Waals surface area contributed by atoms with E-state index in [0.717, 1.165) is 5.69 Å². The fraction of sp³-hybridized carbons (Fsp3) is 0.261. The van der Waals surface area contributed by atoms with Gasteiger partial charge in [0.05, 0.1) is 23.3 Å². The van der Waals surface area contributed by atoms with E-state index >= 15 is 0 Å². The third-order valence-corrected chi connectivity index (χ3v) is 4.91. The van der Waals surface area contributed by atoms with E-state index in [-0.39, 0.29) is 16.9 Å². The molecule has 4 aromatic rings. The molecule has 0 bridgehead atoms. The molecule has 0 fully saturated rings. The number of carbonyl (C=O) groups excluding carboxylic acids is 1. The van der Waals surface area contributed by atoms with E-state index < -0.39 is 11.8 Å². The summed E-state index contributed by atoms with van der Waals surface area (Å²) in [5, 5.41) is 17.8. The van der Waals surface area contributed by atoms with E-state index in [1.165, 1.54) is 16.9 Å². The van der Waals surface area contributed by atoms with Gasteiger partial charge in [0.15, 0.2) is 0 Å². The standard InChI is InChI=1S/C23H25FN8O2/c1-23(2,3)20-12-21(31(4)30-20)28-22(33)27-17-7-6-14(10-16(17)24)34-15-8-9-25-18(11-15)19-13-26-32(5)29-19/h6-13H,1-5H3,(H2,27,28,33). The van der Waals surface area contributed by atoms with Crippen molar-refractivity contribution in [1.29, 1.82) is 0 Å². The summed E-state index contributed by atoms with van der Waals surface area (Å²) in [7, 11) is 3.44. The van der Waals surface area contributed by atoms with Crippen LogP contribution in [0, 0.1) is 5.82 Å². The Kier molecular flexibility index (Phi) is 6.01. The number of benzene rings is 1. The molecule has 0 aliphatic rings. The second kappa shape index (κ2) is 8.93. The van der Waals surface area contributed by atoms with Gasteiger partial charge in [-0.25, -0.2) is 9.18 Å². The minimum Gasteiger partial charge on any atom is -0.457 e. The van der Waals surface area contributed by atoms with Gasteiger partial charge in [-0.3, -0.25) is 15.0 Å². The maximum Gasteiger partial charge on any atom is 0.324 e. The van der Waals surface area contributed by atoms with Crippen LogP contribution in [0.4, 0.5) is 20.7 Å². The summed E-state index contributed by atoms with van der Waals surface area (Å²) in [5.41, 5.74) is 1.84. The predicted octanol–water partition coefficient (Wildman–Crippen LogP) is 4.48. The SMILES string of the molecule is Cn1ncc(-c2cc(Oc3ccc(NC(=O)Nc4cc(C(C)(C)C)nn4C)c(F)c3)ccn2)n1. The summed E-state index contributed by atoms with van der Waals surface area (Å²) < 4.78 is 22.0. The average molecular weight is 465 g/mol. The van der Waals surface area contributed by atoms with E-state index in [9.17, 15) is 9.18 Å². The predicted molar refractivity (Wildman–Crippen MR) is 125 cm³/mol. The van der Waals surface area contributed by atoms with Crippen LogP contribution in [0.5, 0.6) is 11.5 Å². The molecule has 0 saturated heterocycles. The van der Waals surface area contributed by atoms with Crippen LogP contribution in [0.3, 0.4) is 0 Å². The first-order valence-corrected chi connectivity index (χ1v) is 10.5. The number of rotatable bonds is 5. The zero-order valence-corrected chi connectivity index (χ0v) is 19.5. The van der Waals surface area contributed by atoms with Gasteiger partial charge in [0, 0.05) is 43.9 Å². The number of urea groups is 1. The third kappa shape index (κ3) is 5.20. The number of amides is 2. The van der Waals surface area contributed by atoms with Gasteiger partial charge in [0.1, 0.15) is 28.8 Å². The van der Waals surface area contributed by atoms with Gasteiger partial charge in [-0.15, -0.1) is 0 Å². The molecule has 2 N–H and O–H groups in total. The van der Waals surface area contributed by atoms with Gasteiger partial charge in [-0.2, -0.15) is 20.1 Å². The first-order chi connectivity index (χ1) is 16.1. The normalized spacial score (nSPS) is 11.4. The first-order valence-electron chi connectivity index (χ1n) is 10.5. The van der Waals surface area contributed by atoms with Crippen LogP contribution in [-0.4, -0.2) is 35.8 Å². The van der Waals surface area contributed by atoms with Crippen LogP contribution < -0.4 is 15.4 Å². The summed E-state index contributed by atoms with van der Waals surface area (Å²) in [5.74, 6) is 0.580. The Morgan fingerprint density at radius 3 is 2.41 bits per heavy atom. The number of hydrogen-bond donors (Lipinski definition) is 2. The summed E-state index contributed by atoms with van der Waals surface area (Å²) in [6.07, 6.45) is 3.16. The molecule has 0 unspecified atom stereocenters. The maximum absolute atomic E-state index is 14.7. The van der Waals surface area contributed by atoms with Gasteiger partial charge >= 0.3 is 6.03 Å². The molecule has 3 heterocycles. The number of anilines is 2. The van der Waals surface area contributed by atoms with Crippen LogP contribution in [0.2, 0.25) is 0 Å².